The number of likely N-dealkylation sites (tertiary alicyclic amines) is 1. The highest BCUT2D eigenvalue weighted by Gasteiger charge is 2.24. The molecule has 0 unspecified atom stereocenters. The number of hydrogen-bond acceptors (Lipinski definition) is 4. The number of aryl methyl sites for hydroxylation is 1. The summed E-state index contributed by atoms with van der Waals surface area (Å²) in [5.74, 6) is 0. The van der Waals surface area contributed by atoms with E-state index in [-0.39, 0.29) is 6.09 Å². The Morgan fingerprint density at radius 3 is 2.88 bits per heavy atom. The highest BCUT2D eigenvalue weighted by Crippen LogP contribution is 2.15. The van der Waals surface area contributed by atoms with Crippen molar-refractivity contribution < 1.29 is 9.53 Å². The van der Waals surface area contributed by atoms with Gasteiger partial charge in [-0.2, -0.15) is 0 Å². The zero-order valence-corrected chi connectivity index (χ0v) is 15.5. The number of pyridine rings is 1. The molecule has 2 rings (SSSR count). The van der Waals surface area contributed by atoms with Crippen LogP contribution >= 0.6 is 0 Å². The van der Waals surface area contributed by atoms with Gasteiger partial charge in [0.15, 0.2) is 0 Å². The largest absolute Gasteiger partial charge is 0.444 e. The van der Waals surface area contributed by atoms with Crippen LogP contribution in [0.3, 0.4) is 0 Å². The maximum Gasteiger partial charge on any atom is 0.410 e. The van der Waals surface area contributed by atoms with E-state index in [1.807, 2.05) is 38.1 Å². The number of ether oxygens (including phenoxy) is 1. The van der Waals surface area contributed by atoms with Crippen LogP contribution < -0.4 is 5.32 Å². The summed E-state index contributed by atoms with van der Waals surface area (Å²) in [4.78, 5) is 18.2. The summed E-state index contributed by atoms with van der Waals surface area (Å²) >= 11 is 0. The van der Waals surface area contributed by atoms with Crippen molar-refractivity contribution in [3.8, 4) is 0 Å². The van der Waals surface area contributed by atoms with Crippen LogP contribution in [0.15, 0.2) is 18.5 Å². The maximum absolute atomic E-state index is 12.2. The number of nitrogens with zero attached hydrogens (tertiary/aromatic N) is 2. The highest BCUT2D eigenvalue weighted by molar-refractivity contribution is 5.68. The number of hydrogen-bond donors (Lipinski definition) is 1. The molecule has 5 heteroatoms. The molecule has 1 saturated heterocycles. The van der Waals surface area contributed by atoms with E-state index in [9.17, 15) is 4.79 Å². The standard InChI is InChI=1S/C19H31N3O2/c1-15-14-20-10-7-16(15)8-11-21-17-6-5-12-22(13-9-17)18(23)24-19(2,3)4/h7,10,14,17,21H,5-6,8-9,11-13H2,1-4H3/t17-/m1/s1. The summed E-state index contributed by atoms with van der Waals surface area (Å²) in [5.41, 5.74) is 2.17. The third-order valence-corrected chi connectivity index (χ3v) is 4.34. The molecule has 5 nitrogen and oxygen atoms in total. The molecule has 0 aliphatic carbocycles. The predicted molar refractivity (Wildman–Crippen MR) is 96.1 cm³/mol. The van der Waals surface area contributed by atoms with Crippen molar-refractivity contribution in [2.45, 2.75) is 65.0 Å². The lowest BCUT2D eigenvalue weighted by Gasteiger charge is -2.26. The summed E-state index contributed by atoms with van der Waals surface area (Å²) in [6.45, 7) is 10.3. The van der Waals surface area contributed by atoms with E-state index < -0.39 is 5.60 Å². The van der Waals surface area contributed by atoms with Crippen LogP contribution in [0.25, 0.3) is 0 Å². The van der Waals surface area contributed by atoms with Crippen molar-refractivity contribution in [2.24, 2.45) is 0 Å². The van der Waals surface area contributed by atoms with E-state index in [2.05, 4.69) is 23.3 Å². The van der Waals surface area contributed by atoms with Gasteiger partial charge in [-0.05, 0) is 77.1 Å². The van der Waals surface area contributed by atoms with Crippen molar-refractivity contribution in [1.82, 2.24) is 15.2 Å². The fourth-order valence-electron chi connectivity index (χ4n) is 3.00. The molecular weight excluding hydrogens is 302 g/mol. The topological polar surface area (TPSA) is 54.5 Å². The lowest BCUT2D eigenvalue weighted by Crippen LogP contribution is -2.38. The molecule has 1 aliphatic rings. The summed E-state index contributed by atoms with van der Waals surface area (Å²) < 4.78 is 5.48. The van der Waals surface area contributed by atoms with Gasteiger partial charge in [0.25, 0.3) is 0 Å². The van der Waals surface area contributed by atoms with Gasteiger partial charge in [-0.1, -0.05) is 0 Å². The Labute approximate surface area is 145 Å². The van der Waals surface area contributed by atoms with Crippen LogP contribution in [-0.4, -0.2) is 47.3 Å². The molecule has 1 amide bonds. The molecule has 1 N–H and O–H groups in total. The van der Waals surface area contributed by atoms with Gasteiger partial charge in [-0.15, -0.1) is 0 Å². The minimum absolute atomic E-state index is 0.185. The van der Waals surface area contributed by atoms with Gasteiger partial charge in [0, 0.05) is 31.5 Å². The van der Waals surface area contributed by atoms with Gasteiger partial charge >= 0.3 is 6.09 Å². The number of rotatable bonds is 4. The Balaban J connectivity index is 1.75. The first-order valence-electron chi connectivity index (χ1n) is 8.96. The number of carbonyl (C=O) groups excluding carboxylic acids is 1. The van der Waals surface area contributed by atoms with Crippen molar-refractivity contribution >= 4 is 6.09 Å². The Morgan fingerprint density at radius 2 is 2.17 bits per heavy atom. The van der Waals surface area contributed by atoms with Gasteiger partial charge in [0.05, 0.1) is 0 Å². The van der Waals surface area contributed by atoms with Crippen molar-refractivity contribution in [2.75, 3.05) is 19.6 Å². The number of nitrogens with one attached hydrogen (secondary N) is 1. The lowest BCUT2D eigenvalue weighted by atomic mass is 10.1. The average molecular weight is 333 g/mol. The number of aromatic nitrogens is 1. The van der Waals surface area contributed by atoms with Gasteiger partial charge in [-0.25, -0.2) is 4.79 Å². The zero-order valence-electron chi connectivity index (χ0n) is 15.5. The fourth-order valence-corrected chi connectivity index (χ4v) is 3.00. The molecule has 1 fully saturated rings. The summed E-state index contributed by atoms with van der Waals surface area (Å²) in [6.07, 6.45) is 7.71. The summed E-state index contributed by atoms with van der Waals surface area (Å²) in [6, 6.07) is 2.56. The molecule has 134 valence electrons. The van der Waals surface area contributed by atoms with Crippen molar-refractivity contribution in [1.29, 1.82) is 0 Å². The van der Waals surface area contributed by atoms with Crippen molar-refractivity contribution in [3.05, 3.63) is 29.6 Å². The van der Waals surface area contributed by atoms with E-state index >= 15 is 0 Å². The van der Waals surface area contributed by atoms with Crippen LogP contribution in [0.2, 0.25) is 0 Å². The highest BCUT2D eigenvalue weighted by atomic mass is 16.6. The zero-order chi connectivity index (χ0) is 17.6. The Kier molecular flexibility index (Phi) is 6.60. The lowest BCUT2D eigenvalue weighted by molar-refractivity contribution is 0.0256. The predicted octanol–water partition coefficient (Wildman–Crippen LogP) is 3.31. The van der Waals surface area contributed by atoms with E-state index in [1.165, 1.54) is 11.1 Å². The Morgan fingerprint density at radius 1 is 1.38 bits per heavy atom. The Hall–Kier alpha value is -1.62. The third-order valence-electron chi connectivity index (χ3n) is 4.34. The molecular formula is C19H31N3O2. The minimum atomic E-state index is -0.427. The van der Waals surface area contributed by atoms with Crippen molar-refractivity contribution in [3.63, 3.8) is 0 Å². The second kappa shape index (κ2) is 8.47. The quantitative estimate of drug-likeness (QED) is 0.918. The van der Waals surface area contributed by atoms with E-state index in [0.29, 0.717) is 6.04 Å². The number of amides is 1. The van der Waals surface area contributed by atoms with Crippen LogP contribution in [0.4, 0.5) is 4.79 Å². The number of carbonyl (C=O) groups is 1. The normalized spacial score (nSPS) is 19.0. The molecule has 0 aromatic carbocycles. The van der Waals surface area contributed by atoms with Crippen LogP contribution in [0.5, 0.6) is 0 Å². The fraction of sp³-hybridized carbons (Fsp3) is 0.684. The molecule has 1 atom stereocenters. The SMILES string of the molecule is Cc1cnccc1CCN[C@@H]1CCCN(C(=O)OC(C)(C)C)CC1. The van der Waals surface area contributed by atoms with Gasteiger partial charge < -0.3 is 15.0 Å². The summed E-state index contributed by atoms with van der Waals surface area (Å²) in [7, 11) is 0. The maximum atomic E-state index is 12.2. The molecule has 1 aliphatic heterocycles. The van der Waals surface area contributed by atoms with E-state index in [4.69, 9.17) is 4.74 Å². The molecule has 0 spiro atoms. The first-order valence-corrected chi connectivity index (χ1v) is 8.96. The first kappa shape index (κ1) is 18.7. The van der Waals surface area contributed by atoms with Crippen LogP contribution in [0, 0.1) is 6.92 Å². The molecule has 1 aromatic heterocycles. The second-order valence-electron chi connectivity index (χ2n) is 7.60. The van der Waals surface area contributed by atoms with E-state index in [1.54, 1.807) is 0 Å². The van der Waals surface area contributed by atoms with Gasteiger partial charge in [0.1, 0.15) is 5.60 Å². The molecule has 0 saturated carbocycles. The monoisotopic (exact) mass is 333 g/mol. The van der Waals surface area contributed by atoms with Gasteiger partial charge in [-0.3, -0.25) is 4.98 Å². The minimum Gasteiger partial charge on any atom is -0.444 e. The first-order chi connectivity index (χ1) is 11.3. The average Bonchev–Trinajstić information content (AvgIpc) is 2.73. The third kappa shape index (κ3) is 6.11. The molecule has 2 heterocycles. The molecule has 24 heavy (non-hydrogen) atoms. The van der Waals surface area contributed by atoms with Crippen LogP contribution in [0.1, 0.15) is 51.2 Å². The molecule has 0 bridgehead atoms. The van der Waals surface area contributed by atoms with Crippen LogP contribution in [-0.2, 0) is 11.2 Å². The van der Waals surface area contributed by atoms with E-state index in [0.717, 1.165) is 45.3 Å². The molecule has 1 aromatic rings. The van der Waals surface area contributed by atoms with Gasteiger partial charge in [0.2, 0.25) is 0 Å². The Bertz CT molecular complexity index is 540. The second-order valence-corrected chi connectivity index (χ2v) is 7.60. The smallest absolute Gasteiger partial charge is 0.410 e. The molecule has 0 radical (unpaired) electrons. The summed E-state index contributed by atoms with van der Waals surface area (Å²) in [5, 5.41) is 3.65.